The summed E-state index contributed by atoms with van der Waals surface area (Å²) >= 11 is 0. The number of rotatable bonds is 2. The second-order valence-electron chi connectivity index (χ2n) is 3.13. The van der Waals surface area contributed by atoms with Crippen LogP contribution in [0.5, 0.6) is 5.75 Å². The average Bonchev–Trinajstić information content (AvgIpc) is 2.30. The molecule has 0 fully saturated rings. The van der Waals surface area contributed by atoms with Crippen molar-refractivity contribution in [2.24, 2.45) is 10.2 Å². The molecule has 0 saturated carbocycles. The Hall–Kier alpha value is -1.97. The summed E-state index contributed by atoms with van der Waals surface area (Å²) in [5, 5.41) is 7.38. The molecule has 1 aromatic carbocycles. The fourth-order valence-corrected chi connectivity index (χ4v) is 1.34. The summed E-state index contributed by atoms with van der Waals surface area (Å²) in [5.41, 5.74) is 0.989. The van der Waals surface area contributed by atoms with Gasteiger partial charge in [-0.25, -0.2) is 0 Å². The molecule has 1 aliphatic heterocycles. The van der Waals surface area contributed by atoms with Crippen molar-refractivity contribution in [2.75, 3.05) is 7.11 Å². The van der Waals surface area contributed by atoms with Gasteiger partial charge in [0, 0.05) is 6.08 Å². The van der Waals surface area contributed by atoms with E-state index in [1.807, 2.05) is 24.3 Å². The van der Waals surface area contributed by atoms with Gasteiger partial charge in [-0.3, -0.25) is 4.79 Å². The van der Waals surface area contributed by atoms with Crippen molar-refractivity contribution in [3.05, 3.63) is 42.0 Å². The van der Waals surface area contributed by atoms with E-state index in [1.165, 1.54) is 6.08 Å². The highest BCUT2D eigenvalue weighted by Gasteiger charge is 2.11. The Kier molecular flexibility index (Phi) is 2.58. The highest BCUT2D eigenvalue weighted by molar-refractivity contribution is 5.88. The third kappa shape index (κ3) is 2.10. The van der Waals surface area contributed by atoms with Gasteiger partial charge in [0.15, 0.2) is 0 Å². The van der Waals surface area contributed by atoms with E-state index >= 15 is 0 Å². The number of methoxy groups -OCH3 is 1. The zero-order valence-electron chi connectivity index (χ0n) is 8.25. The molecule has 0 N–H and O–H groups in total. The first-order chi connectivity index (χ1) is 7.29. The molecular weight excluding hydrogens is 192 g/mol. The number of benzene rings is 1. The number of ether oxygens (including phenoxy) is 1. The molecule has 1 heterocycles. The van der Waals surface area contributed by atoms with Crippen LogP contribution in [0.4, 0.5) is 0 Å². The van der Waals surface area contributed by atoms with Crippen molar-refractivity contribution >= 4 is 5.91 Å². The van der Waals surface area contributed by atoms with Gasteiger partial charge in [-0.1, -0.05) is 12.1 Å². The Bertz CT molecular complexity index is 405. The molecule has 1 aliphatic rings. The predicted molar refractivity (Wildman–Crippen MR) is 54.7 cm³/mol. The van der Waals surface area contributed by atoms with Crippen molar-refractivity contribution in [1.82, 2.24) is 0 Å². The Morgan fingerprint density at radius 2 is 2.00 bits per heavy atom. The van der Waals surface area contributed by atoms with Crippen molar-refractivity contribution in [3.63, 3.8) is 0 Å². The van der Waals surface area contributed by atoms with E-state index < -0.39 is 0 Å². The van der Waals surface area contributed by atoms with Gasteiger partial charge in [-0.2, -0.15) is 5.11 Å². The number of hydrogen-bond donors (Lipinski definition) is 0. The van der Waals surface area contributed by atoms with Crippen molar-refractivity contribution in [3.8, 4) is 5.75 Å². The summed E-state index contributed by atoms with van der Waals surface area (Å²) in [5.74, 6) is 0.492. The van der Waals surface area contributed by atoms with Crippen LogP contribution in [0.2, 0.25) is 0 Å². The zero-order valence-corrected chi connectivity index (χ0v) is 8.25. The summed E-state index contributed by atoms with van der Waals surface area (Å²) in [6.45, 7) is 0. The van der Waals surface area contributed by atoms with Gasteiger partial charge in [0.1, 0.15) is 11.8 Å². The van der Waals surface area contributed by atoms with Crippen molar-refractivity contribution in [2.45, 2.75) is 6.04 Å². The van der Waals surface area contributed by atoms with Gasteiger partial charge in [0.2, 0.25) is 0 Å². The Labute approximate surface area is 87.3 Å². The minimum absolute atomic E-state index is 0.159. The average molecular weight is 202 g/mol. The van der Waals surface area contributed by atoms with E-state index in [0.29, 0.717) is 0 Å². The third-order valence-electron chi connectivity index (χ3n) is 2.16. The molecule has 0 aromatic heterocycles. The molecule has 0 radical (unpaired) electrons. The SMILES string of the molecule is COc1ccc(C2C=CC(=O)N=N2)cc1. The van der Waals surface area contributed by atoms with E-state index in [2.05, 4.69) is 10.2 Å². The van der Waals surface area contributed by atoms with Crippen molar-refractivity contribution in [1.29, 1.82) is 0 Å². The van der Waals surface area contributed by atoms with E-state index in [0.717, 1.165) is 11.3 Å². The smallest absolute Gasteiger partial charge is 0.287 e. The Morgan fingerprint density at radius 1 is 1.27 bits per heavy atom. The minimum Gasteiger partial charge on any atom is -0.497 e. The quantitative estimate of drug-likeness (QED) is 0.738. The molecule has 0 aliphatic carbocycles. The lowest BCUT2D eigenvalue weighted by Gasteiger charge is -2.09. The van der Waals surface area contributed by atoms with Crippen LogP contribution in [-0.2, 0) is 4.79 Å². The molecule has 1 amide bonds. The lowest BCUT2D eigenvalue weighted by atomic mass is 10.1. The molecule has 4 nitrogen and oxygen atoms in total. The van der Waals surface area contributed by atoms with Crippen LogP contribution < -0.4 is 4.74 Å². The molecule has 0 bridgehead atoms. The lowest BCUT2D eigenvalue weighted by molar-refractivity contribution is -0.114. The molecular formula is C11H10N2O2. The van der Waals surface area contributed by atoms with Gasteiger partial charge in [-0.05, 0) is 23.8 Å². The van der Waals surface area contributed by atoms with Gasteiger partial charge >= 0.3 is 0 Å². The Morgan fingerprint density at radius 3 is 2.53 bits per heavy atom. The van der Waals surface area contributed by atoms with Crippen LogP contribution in [0, 0.1) is 0 Å². The van der Waals surface area contributed by atoms with Crippen LogP contribution in [0.3, 0.4) is 0 Å². The number of azo groups is 1. The first-order valence-corrected chi connectivity index (χ1v) is 4.56. The van der Waals surface area contributed by atoms with Crippen LogP contribution in [0.15, 0.2) is 46.6 Å². The molecule has 0 spiro atoms. The van der Waals surface area contributed by atoms with E-state index in [9.17, 15) is 4.79 Å². The Balaban J connectivity index is 2.20. The molecule has 1 atom stereocenters. The van der Waals surface area contributed by atoms with Crippen LogP contribution in [-0.4, -0.2) is 13.0 Å². The zero-order chi connectivity index (χ0) is 10.7. The molecule has 1 aromatic rings. The minimum atomic E-state index is -0.306. The van der Waals surface area contributed by atoms with Gasteiger partial charge in [0.05, 0.1) is 7.11 Å². The third-order valence-corrected chi connectivity index (χ3v) is 2.16. The maximum atomic E-state index is 10.8. The second-order valence-corrected chi connectivity index (χ2v) is 3.13. The number of carbonyl (C=O) groups excluding carboxylic acids is 1. The van der Waals surface area contributed by atoms with Crippen LogP contribution >= 0.6 is 0 Å². The first kappa shape index (κ1) is 9.58. The lowest BCUT2D eigenvalue weighted by Crippen LogP contribution is -1.98. The van der Waals surface area contributed by atoms with E-state index in [-0.39, 0.29) is 11.9 Å². The fraction of sp³-hybridized carbons (Fsp3) is 0.182. The fourth-order valence-electron chi connectivity index (χ4n) is 1.34. The van der Waals surface area contributed by atoms with E-state index in [1.54, 1.807) is 13.2 Å². The van der Waals surface area contributed by atoms with Crippen molar-refractivity contribution < 1.29 is 9.53 Å². The molecule has 15 heavy (non-hydrogen) atoms. The molecule has 76 valence electrons. The monoisotopic (exact) mass is 202 g/mol. The number of carbonyl (C=O) groups is 1. The van der Waals surface area contributed by atoms with Gasteiger partial charge < -0.3 is 4.74 Å². The normalized spacial score (nSPS) is 19.3. The summed E-state index contributed by atoms with van der Waals surface area (Å²) in [6, 6.07) is 7.36. The summed E-state index contributed by atoms with van der Waals surface area (Å²) in [4.78, 5) is 10.8. The second kappa shape index (κ2) is 4.04. The van der Waals surface area contributed by atoms with Gasteiger partial charge in [0.25, 0.3) is 5.91 Å². The standard InChI is InChI=1S/C11H10N2O2/c1-15-9-4-2-8(3-5-9)10-6-7-11(14)13-12-10/h2-7,10H,1H3. The molecule has 2 rings (SSSR count). The summed E-state index contributed by atoms with van der Waals surface area (Å²) < 4.78 is 5.05. The molecule has 1 unspecified atom stereocenters. The first-order valence-electron chi connectivity index (χ1n) is 4.56. The topological polar surface area (TPSA) is 51.0 Å². The molecule has 4 heteroatoms. The maximum absolute atomic E-state index is 10.8. The highest BCUT2D eigenvalue weighted by Crippen LogP contribution is 2.23. The summed E-state index contributed by atoms with van der Waals surface area (Å²) in [7, 11) is 1.62. The molecule has 0 saturated heterocycles. The highest BCUT2D eigenvalue weighted by atomic mass is 16.5. The van der Waals surface area contributed by atoms with Crippen LogP contribution in [0.25, 0.3) is 0 Å². The van der Waals surface area contributed by atoms with Crippen LogP contribution in [0.1, 0.15) is 11.6 Å². The largest absolute Gasteiger partial charge is 0.497 e. The number of amides is 1. The van der Waals surface area contributed by atoms with Gasteiger partial charge in [-0.15, -0.1) is 5.11 Å². The number of hydrogen-bond acceptors (Lipinski definition) is 3. The number of nitrogens with zero attached hydrogens (tertiary/aromatic N) is 2. The maximum Gasteiger partial charge on any atom is 0.287 e. The predicted octanol–water partition coefficient (Wildman–Crippen LogP) is 2.28. The summed E-state index contributed by atoms with van der Waals surface area (Å²) in [6.07, 6.45) is 3.17. The van der Waals surface area contributed by atoms with E-state index in [4.69, 9.17) is 4.74 Å².